The number of hydrogen-bond acceptors (Lipinski definition) is 4. The average molecular weight is 348 g/mol. The Morgan fingerprint density at radius 1 is 1.17 bits per heavy atom. The van der Waals surface area contributed by atoms with Crippen molar-refractivity contribution in [2.24, 2.45) is 0 Å². The minimum Gasteiger partial charge on any atom is -0.333 e. The summed E-state index contributed by atoms with van der Waals surface area (Å²) in [6.45, 7) is 3.40. The van der Waals surface area contributed by atoms with Crippen LogP contribution in [-0.2, 0) is 13.0 Å². The maximum Gasteiger partial charge on any atom is 0.276 e. The maximum absolute atomic E-state index is 12.7. The molecule has 1 N–H and O–H groups in total. The van der Waals surface area contributed by atoms with E-state index in [1.54, 1.807) is 0 Å². The number of aromatic nitrogens is 3. The molecule has 0 unspecified atom stereocenters. The van der Waals surface area contributed by atoms with Gasteiger partial charge in [0.1, 0.15) is 0 Å². The van der Waals surface area contributed by atoms with Crippen LogP contribution in [0.15, 0.2) is 30.5 Å². The highest BCUT2D eigenvalue weighted by molar-refractivity contribution is 5.92. The fourth-order valence-corrected chi connectivity index (χ4v) is 3.46. The first-order chi connectivity index (χ1) is 11.3. The van der Waals surface area contributed by atoms with Crippen LogP contribution in [-0.4, -0.2) is 45.4 Å². The number of halogens is 1. The van der Waals surface area contributed by atoms with Crippen LogP contribution in [0.4, 0.5) is 0 Å². The molecule has 0 atom stereocenters. The number of piperidine rings is 1. The van der Waals surface area contributed by atoms with Gasteiger partial charge in [0.2, 0.25) is 0 Å². The molecule has 1 fully saturated rings. The summed E-state index contributed by atoms with van der Waals surface area (Å²) in [4.78, 5) is 14.6. The van der Waals surface area contributed by atoms with Gasteiger partial charge in [0.25, 0.3) is 5.91 Å². The number of benzene rings is 1. The number of amides is 1. The fourth-order valence-electron chi connectivity index (χ4n) is 3.46. The van der Waals surface area contributed by atoms with Gasteiger partial charge in [-0.2, -0.15) is 0 Å². The van der Waals surface area contributed by atoms with Gasteiger partial charge in [-0.05, 0) is 43.5 Å². The van der Waals surface area contributed by atoms with Gasteiger partial charge in [0, 0.05) is 13.1 Å². The van der Waals surface area contributed by atoms with Gasteiger partial charge in [-0.15, -0.1) is 17.5 Å². The first kappa shape index (κ1) is 16.9. The summed E-state index contributed by atoms with van der Waals surface area (Å²) in [6.07, 6.45) is 4.80. The first-order valence-corrected chi connectivity index (χ1v) is 8.30. The Kier molecular flexibility index (Phi) is 5.16. The fraction of sp³-hybridized carbons (Fsp3) is 0.471. The van der Waals surface area contributed by atoms with Crippen molar-refractivity contribution in [2.45, 2.75) is 31.8 Å². The molecule has 1 aromatic heterocycles. The second-order valence-electron chi connectivity index (χ2n) is 6.31. The molecule has 1 amide bonds. The minimum atomic E-state index is -0.0142. The van der Waals surface area contributed by atoms with Gasteiger partial charge in [0.05, 0.1) is 12.2 Å². The maximum atomic E-state index is 12.7. The van der Waals surface area contributed by atoms with Crippen molar-refractivity contribution in [3.63, 3.8) is 0 Å². The molecule has 0 saturated carbocycles. The predicted molar refractivity (Wildman–Crippen MR) is 93.3 cm³/mol. The molecular formula is C17H22ClN5O. The van der Waals surface area contributed by atoms with E-state index in [1.165, 1.54) is 11.1 Å². The lowest BCUT2D eigenvalue weighted by molar-refractivity contribution is 0.0728. The molecule has 1 saturated heterocycles. The number of nitrogens with zero attached hydrogens (tertiary/aromatic N) is 4. The molecule has 0 bridgehead atoms. The standard InChI is InChI=1S/C17H21N5O.ClH/c23-17(21-10-7-13-3-1-2-4-14(13)11-21)16-12-22(20-19-16)15-5-8-18-9-6-15;/h1-4,12,15,18H,5-11H2;1H. The van der Waals surface area contributed by atoms with Crippen molar-refractivity contribution in [2.75, 3.05) is 19.6 Å². The molecule has 0 spiro atoms. The summed E-state index contributed by atoms with van der Waals surface area (Å²) >= 11 is 0. The molecule has 7 heteroatoms. The molecule has 2 aliphatic heterocycles. The van der Waals surface area contributed by atoms with Crippen LogP contribution in [0.3, 0.4) is 0 Å². The van der Waals surface area contributed by atoms with Gasteiger partial charge in [-0.3, -0.25) is 4.79 Å². The Bertz CT molecular complexity index is 711. The van der Waals surface area contributed by atoms with Crippen LogP contribution in [0.5, 0.6) is 0 Å². The van der Waals surface area contributed by atoms with Crippen LogP contribution < -0.4 is 5.32 Å². The lowest BCUT2D eigenvalue weighted by Gasteiger charge is -2.28. The molecular weight excluding hydrogens is 326 g/mol. The van der Waals surface area contributed by atoms with Crippen LogP contribution in [0.2, 0.25) is 0 Å². The third kappa shape index (κ3) is 3.30. The van der Waals surface area contributed by atoms with E-state index in [9.17, 15) is 4.79 Å². The number of carbonyl (C=O) groups is 1. The van der Waals surface area contributed by atoms with Gasteiger partial charge >= 0.3 is 0 Å². The third-order valence-electron chi connectivity index (χ3n) is 4.83. The zero-order valence-electron chi connectivity index (χ0n) is 13.5. The van der Waals surface area contributed by atoms with Crippen molar-refractivity contribution < 1.29 is 4.79 Å². The molecule has 0 radical (unpaired) electrons. The van der Waals surface area contributed by atoms with Gasteiger partial charge in [0.15, 0.2) is 5.69 Å². The average Bonchev–Trinajstić information content (AvgIpc) is 3.11. The van der Waals surface area contributed by atoms with E-state index in [-0.39, 0.29) is 18.3 Å². The van der Waals surface area contributed by atoms with Gasteiger partial charge < -0.3 is 10.2 Å². The van der Waals surface area contributed by atoms with E-state index < -0.39 is 0 Å². The number of rotatable bonds is 2. The normalized spacial score (nSPS) is 17.9. The third-order valence-corrected chi connectivity index (χ3v) is 4.83. The predicted octanol–water partition coefficient (Wildman–Crippen LogP) is 1.82. The van der Waals surface area contributed by atoms with Gasteiger partial charge in [-0.25, -0.2) is 4.68 Å². The lowest BCUT2D eigenvalue weighted by atomic mass is 10.00. The second-order valence-corrected chi connectivity index (χ2v) is 6.31. The van der Waals surface area contributed by atoms with E-state index in [2.05, 4.69) is 33.8 Å². The molecule has 6 nitrogen and oxygen atoms in total. The van der Waals surface area contributed by atoms with E-state index >= 15 is 0 Å². The quantitative estimate of drug-likeness (QED) is 0.900. The zero-order chi connectivity index (χ0) is 15.6. The second kappa shape index (κ2) is 7.32. The van der Waals surface area contributed by atoms with Gasteiger partial charge in [-0.1, -0.05) is 29.5 Å². The largest absolute Gasteiger partial charge is 0.333 e. The van der Waals surface area contributed by atoms with E-state index in [1.807, 2.05) is 21.8 Å². The number of nitrogens with one attached hydrogen (secondary N) is 1. The number of carbonyl (C=O) groups excluding carboxylic acids is 1. The summed E-state index contributed by atoms with van der Waals surface area (Å²) in [5.74, 6) is -0.0142. The Morgan fingerprint density at radius 2 is 1.92 bits per heavy atom. The molecule has 1 aromatic carbocycles. The Morgan fingerprint density at radius 3 is 2.71 bits per heavy atom. The highest BCUT2D eigenvalue weighted by atomic mass is 35.5. The van der Waals surface area contributed by atoms with E-state index in [0.29, 0.717) is 18.3 Å². The first-order valence-electron chi connectivity index (χ1n) is 8.30. The van der Waals surface area contributed by atoms with Crippen molar-refractivity contribution in [1.29, 1.82) is 0 Å². The summed E-state index contributed by atoms with van der Waals surface area (Å²) in [5.41, 5.74) is 3.04. The molecule has 0 aliphatic carbocycles. The monoisotopic (exact) mass is 347 g/mol. The molecule has 2 aliphatic rings. The smallest absolute Gasteiger partial charge is 0.276 e. The topological polar surface area (TPSA) is 63.1 Å². The van der Waals surface area contributed by atoms with Crippen LogP contribution in [0.25, 0.3) is 0 Å². The zero-order valence-corrected chi connectivity index (χ0v) is 14.3. The summed E-state index contributed by atoms with van der Waals surface area (Å²) < 4.78 is 1.87. The molecule has 4 rings (SSSR count). The van der Waals surface area contributed by atoms with Crippen LogP contribution in [0.1, 0.15) is 40.5 Å². The van der Waals surface area contributed by atoms with Crippen molar-refractivity contribution in [3.05, 3.63) is 47.3 Å². The van der Waals surface area contributed by atoms with Crippen LogP contribution in [0, 0.1) is 0 Å². The molecule has 2 aromatic rings. The van der Waals surface area contributed by atoms with E-state index in [4.69, 9.17) is 0 Å². The number of hydrogen-bond donors (Lipinski definition) is 1. The summed E-state index contributed by atoms with van der Waals surface area (Å²) in [5, 5.41) is 11.7. The van der Waals surface area contributed by atoms with Crippen molar-refractivity contribution in [3.8, 4) is 0 Å². The Hall–Kier alpha value is -1.92. The summed E-state index contributed by atoms with van der Waals surface area (Å²) in [6, 6.07) is 8.68. The SMILES string of the molecule is Cl.O=C(c1cn(C2CCNCC2)nn1)N1CCc2ccccc2C1. The van der Waals surface area contributed by atoms with E-state index in [0.717, 1.165) is 38.9 Å². The lowest BCUT2D eigenvalue weighted by Crippen LogP contribution is -2.36. The van der Waals surface area contributed by atoms with Crippen LogP contribution >= 0.6 is 12.4 Å². The molecule has 3 heterocycles. The minimum absolute atomic E-state index is 0. The molecule has 24 heavy (non-hydrogen) atoms. The Balaban J connectivity index is 0.00000169. The molecule has 128 valence electrons. The Labute approximate surface area is 147 Å². The highest BCUT2D eigenvalue weighted by Gasteiger charge is 2.25. The van der Waals surface area contributed by atoms with Crippen molar-refractivity contribution in [1.82, 2.24) is 25.2 Å². The van der Waals surface area contributed by atoms with Crippen molar-refractivity contribution >= 4 is 18.3 Å². The summed E-state index contributed by atoms with van der Waals surface area (Å²) in [7, 11) is 0. The number of fused-ring (bicyclic) bond motifs is 1. The highest BCUT2D eigenvalue weighted by Crippen LogP contribution is 2.21.